The van der Waals surface area contributed by atoms with E-state index in [0.29, 0.717) is 11.8 Å². The monoisotopic (exact) mass is 327 g/mol. The van der Waals surface area contributed by atoms with Gasteiger partial charge in [-0.3, -0.25) is 4.68 Å². The maximum atomic E-state index is 6.05. The molecule has 3 nitrogen and oxygen atoms in total. The van der Waals surface area contributed by atoms with Gasteiger partial charge in [-0.05, 0) is 30.0 Å². The predicted octanol–water partition coefficient (Wildman–Crippen LogP) is 3.22. The summed E-state index contributed by atoms with van der Waals surface area (Å²) in [6.07, 6.45) is 3.40. The van der Waals surface area contributed by atoms with Crippen LogP contribution in [0.4, 0.5) is 0 Å². The van der Waals surface area contributed by atoms with Gasteiger partial charge in [0.2, 0.25) is 0 Å². The van der Waals surface area contributed by atoms with Crippen molar-refractivity contribution in [2.24, 2.45) is 13.0 Å². The molecule has 18 heavy (non-hydrogen) atoms. The lowest BCUT2D eigenvalue weighted by Gasteiger charge is -2.13. The number of rotatable bonds is 5. The molecule has 1 heterocycles. The third-order valence-electron chi connectivity index (χ3n) is 2.93. The second kappa shape index (κ2) is 6.34. The highest BCUT2D eigenvalue weighted by molar-refractivity contribution is 9.10. The summed E-state index contributed by atoms with van der Waals surface area (Å²) in [4.78, 5) is 4.24. The van der Waals surface area contributed by atoms with Crippen molar-refractivity contribution < 1.29 is 0 Å². The molecule has 0 fully saturated rings. The lowest BCUT2D eigenvalue weighted by molar-refractivity contribution is 0.542. The van der Waals surface area contributed by atoms with E-state index in [4.69, 9.17) is 11.6 Å². The lowest BCUT2D eigenvalue weighted by Crippen LogP contribution is -2.13. The van der Waals surface area contributed by atoms with E-state index in [-0.39, 0.29) is 0 Å². The summed E-state index contributed by atoms with van der Waals surface area (Å²) >= 11 is 9.49. The number of nitrogens with zero attached hydrogens (tertiary/aromatic N) is 3. The minimum atomic E-state index is 0.385. The third kappa shape index (κ3) is 3.56. The second-order valence-corrected chi connectivity index (χ2v) is 5.58. The van der Waals surface area contributed by atoms with Crippen molar-refractivity contribution in [3.05, 3.63) is 46.5 Å². The van der Waals surface area contributed by atoms with Gasteiger partial charge in [0.05, 0.1) is 0 Å². The molecule has 1 aromatic heterocycles. The summed E-state index contributed by atoms with van der Waals surface area (Å²) in [6, 6.07) is 8.37. The van der Waals surface area contributed by atoms with E-state index in [1.165, 1.54) is 5.56 Å². The van der Waals surface area contributed by atoms with Crippen LogP contribution < -0.4 is 0 Å². The molecule has 0 N–H and O–H groups in total. The molecule has 2 aromatic rings. The fourth-order valence-corrected chi connectivity index (χ4v) is 2.38. The Kier molecular flexibility index (Phi) is 4.78. The Morgan fingerprint density at radius 2 is 2.00 bits per heavy atom. The van der Waals surface area contributed by atoms with E-state index in [1.807, 2.05) is 7.05 Å². The molecular formula is C13H15BrClN3. The zero-order chi connectivity index (χ0) is 13.0. The first-order chi connectivity index (χ1) is 8.69. The Morgan fingerprint density at radius 1 is 1.28 bits per heavy atom. The van der Waals surface area contributed by atoms with Crippen molar-refractivity contribution in [1.82, 2.24) is 14.8 Å². The molecule has 5 heteroatoms. The van der Waals surface area contributed by atoms with E-state index >= 15 is 0 Å². The summed E-state index contributed by atoms with van der Waals surface area (Å²) < 4.78 is 2.91. The third-order valence-corrected chi connectivity index (χ3v) is 3.90. The SMILES string of the molecule is Cn1ncnc1CC(CCl)Cc1ccc(Br)cc1. The Hall–Kier alpha value is -0.870. The van der Waals surface area contributed by atoms with Gasteiger partial charge in [0, 0.05) is 23.8 Å². The molecule has 96 valence electrons. The smallest absolute Gasteiger partial charge is 0.138 e. The largest absolute Gasteiger partial charge is 0.253 e. The van der Waals surface area contributed by atoms with E-state index in [1.54, 1.807) is 11.0 Å². The highest BCUT2D eigenvalue weighted by atomic mass is 79.9. The summed E-state index contributed by atoms with van der Waals surface area (Å²) in [6.45, 7) is 0. The summed E-state index contributed by atoms with van der Waals surface area (Å²) in [5, 5.41) is 4.08. The van der Waals surface area contributed by atoms with Gasteiger partial charge in [0.1, 0.15) is 12.2 Å². The molecule has 1 aromatic carbocycles. The van der Waals surface area contributed by atoms with Gasteiger partial charge in [-0.15, -0.1) is 11.6 Å². The van der Waals surface area contributed by atoms with E-state index in [2.05, 4.69) is 50.3 Å². The first-order valence-electron chi connectivity index (χ1n) is 5.82. The first kappa shape index (κ1) is 13.6. The molecular weight excluding hydrogens is 314 g/mol. The van der Waals surface area contributed by atoms with Crippen LogP contribution in [0.5, 0.6) is 0 Å². The maximum Gasteiger partial charge on any atom is 0.138 e. The number of hydrogen-bond donors (Lipinski definition) is 0. The van der Waals surface area contributed by atoms with Gasteiger partial charge in [-0.25, -0.2) is 4.98 Å². The Bertz CT molecular complexity index is 495. The summed E-state index contributed by atoms with van der Waals surface area (Å²) in [5.74, 6) is 2.00. The Morgan fingerprint density at radius 3 is 2.56 bits per heavy atom. The standard InChI is InChI=1S/C13H15BrClN3/c1-18-13(16-9-17-18)7-11(8-15)6-10-2-4-12(14)5-3-10/h2-5,9,11H,6-8H2,1H3. The van der Waals surface area contributed by atoms with Gasteiger partial charge < -0.3 is 0 Å². The van der Waals surface area contributed by atoms with Gasteiger partial charge in [-0.2, -0.15) is 5.10 Å². The van der Waals surface area contributed by atoms with Crippen LogP contribution in [0.1, 0.15) is 11.4 Å². The molecule has 0 saturated carbocycles. The van der Waals surface area contributed by atoms with E-state index in [0.717, 1.165) is 23.1 Å². The fourth-order valence-electron chi connectivity index (χ4n) is 1.90. The van der Waals surface area contributed by atoms with E-state index in [9.17, 15) is 0 Å². The minimum absolute atomic E-state index is 0.385. The highest BCUT2D eigenvalue weighted by Gasteiger charge is 2.12. The van der Waals surface area contributed by atoms with Crippen LogP contribution in [0.15, 0.2) is 35.1 Å². The van der Waals surface area contributed by atoms with Crippen molar-refractivity contribution in [2.75, 3.05) is 5.88 Å². The first-order valence-corrected chi connectivity index (χ1v) is 7.15. The van der Waals surface area contributed by atoms with Gasteiger partial charge >= 0.3 is 0 Å². The van der Waals surface area contributed by atoms with Crippen LogP contribution >= 0.6 is 27.5 Å². The summed E-state index contributed by atoms with van der Waals surface area (Å²) in [5.41, 5.74) is 1.30. The Balaban J connectivity index is 2.01. The van der Waals surface area contributed by atoms with Crippen LogP contribution in [0, 0.1) is 5.92 Å². The van der Waals surface area contributed by atoms with Crippen LogP contribution in [0.25, 0.3) is 0 Å². The fraction of sp³-hybridized carbons (Fsp3) is 0.385. The predicted molar refractivity (Wildman–Crippen MR) is 76.8 cm³/mol. The Labute approximate surface area is 120 Å². The number of halogens is 2. The molecule has 0 aliphatic rings. The highest BCUT2D eigenvalue weighted by Crippen LogP contribution is 2.17. The molecule has 0 saturated heterocycles. The quantitative estimate of drug-likeness (QED) is 0.789. The van der Waals surface area contributed by atoms with Crippen molar-refractivity contribution in [3.63, 3.8) is 0 Å². The summed E-state index contributed by atoms with van der Waals surface area (Å²) in [7, 11) is 1.91. The van der Waals surface area contributed by atoms with Crippen LogP contribution in [-0.2, 0) is 19.9 Å². The average Bonchev–Trinajstić information content (AvgIpc) is 2.77. The van der Waals surface area contributed by atoms with Crippen LogP contribution in [0.2, 0.25) is 0 Å². The molecule has 2 rings (SSSR count). The average molecular weight is 329 g/mol. The molecule has 0 amide bonds. The molecule has 0 aliphatic heterocycles. The van der Waals surface area contributed by atoms with Crippen molar-refractivity contribution >= 4 is 27.5 Å². The van der Waals surface area contributed by atoms with E-state index < -0.39 is 0 Å². The molecule has 0 radical (unpaired) electrons. The number of aryl methyl sites for hydroxylation is 1. The van der Waals surface area contributed by atoms with Crippen LogP contribution in [-0.4, -0.2) is 20.6 Å². The molecule has 0 aliphatic carbocycles. The number of aromatic nitrogens is 3. The molecule has 0 bridgehead atoms. The topological polar surface area (TPSA) is 30.7 Å². The second-order valence-electron chi connectivity index (χ2n) is 4.35. The molecule has 1 unspecified atom stereocenters. The maximum absolute atomic E-state index is 6.05. The number of benzene rings is 1. The van der Waals surface area contributed by atoms with Gasteiger partial charge in [0.25, 0.3) is 0 Å². The van der Waals surface area contributed by atoms with Crippen molar-refractivity contribution in [1.29, 1.82) is 0 Å². The zero-order valence-electron chi connectivity index (χ0n) is 10.2. The minimum Gasteiger partial charge on any atom is -0.253 e. The molecule has 0 spiro atoms. The van der Waals surface area contributed by atoms with Gasteiger partial charge in [0.15, 0.2) is 0 Å². The number of alkyl halides is 1. The molecule has 1 atom stereocenters. The van der Waals surface area contributed by atoms with Crippen LogP contribution in [0.3, 0.4) is 0 Å². The normalized spacial score (nSPS) is 12.6. The van der Waals surface area contributed by atoms with Crippen molar-refractivity contribution in [2.45, 2.75) is 12.8 Å². The van der Waals surface area contributed by atoms with Crippen molar-refractivity contribution in [3.8, 4) is 0 Å². The van der Waals surface area contributed by atoms with Gasteiger partial charge in [-0.1, -0.05) is 28.1 Å². The number of hydrogen-bond acceptors (Lipinski definition) is 2. The zero-order valence-corrected chi connectivity index (χ0v) is 12.5. The lowest BCUT2D eigenvalue weighted by atomic mass is 9.97.